The van der Waals surface area contributed by atoms with Gasteiger partial charge in [-0.3, -0.25) is 15.5 Å². The van der Waals surface area contributed by atoms with Gasteiger partial charge in [-0.25, -0.2) is 0 Å². The molecule has 0 fully saturated rings. The van der Waals surface area contributed by atoms with Crippen LogP contribution in [0.4, 0.5) is 5.69 Å². The molecule has 0 saturated carbocycles. The Balaban J connectivity index is 1.85. The van der Waals surface area contributed by atoms with Gasteiger partial charge in [0.15, 0.2) is 5.11 Å². The Morgan fingerprint density at radius 3 is 2.79 bits per heavy atom. The minimum Gasteiger partial charge on any atom is -0.488 e. The molecule has 3 aromatic rings. The van der Waals surface area contributed by atoms with Gasteiger partial charge in [-0.2, -0.15) is 5.10 Å². The topological polar surface area (TPSA) is 88.8 Å². The van der Waals surface area contributed by atoms with Gasteiger partial charge >= 0.3 is 0 Å². The van der Waals surface area contributed by atoms with E-state index in [9.17, 15) is 10.1 Å². The van der Waals surface area contributed by atoms with Gasteiger partial charge in [0.05, 0.1) is 11.1 Å². The molecule has 0 heterocycles. The van der Waals surface area contributed by atoms with E-state index >= 15 is 0 Å². The molecule has 0 radical (unpaired) electrons. The number of ether oxygens (including phenoxy) is 1. The second-order valence-electron chi connectivity index (χ2n) is 5.86. The first-order valence-corrected chi connectivity index (χ1v) is 8.88. The summed E-state index contributed by atoms with van der Waals surface area (Å²) in [6, 6.07) is 18.4. The second-order valence-corrected chi connectivity index (χ2v) is 6.26. The van der Waals surface area contributed by atoms with Crippen LogP contribution in [0.5, 0.6) is 5.75 Å². The summed E-state index contributed by atoms with van der Waals surface area (Å²) in [6.45, 7) is 0.322. The lowest BCUT2D eigenvalue weighted by molar-refractivity contribution is -0.384. The van der Waals surface area contributed by atoms with Crippen LogP contribution >= 0.6 is 12.2 Å². The molecule has 0 aliphatic heterocycles. The lowest BCUT2D eigenvalue weighted by Gasteiger charge is -2.11. The van der Waals surface area contributed by atoms with Gasteiger partial charge < -0.3 is 10.1 Å². The average molecular weight is 394 g/mol. The van der Waals surface area contributed by atoms with Gasteiger partial charge in [0.2, 0.25) is 0 Å². The Bertz CT molecular complexity index is 1050. The third-order valence-corrected chi connectivity index (χ3v) is 4.36. The number of hydrogen-bond donors (Lipinski definition) is 2. The summed E-state index contributed by atoms with van der Waals surface area (Å²) in [5.41, 5.74) is 4.07. The van der Waals surface area contributed by atoms with Crippen LogP contribution in [0.1, 0.15) is 11.1 Å². The summed E-state index contributed by atoms with van der Waals surface area (Å²) < 4.78 is 5.96. The molecule has 0 aromatic heterocycles. The van der Waals surface area contributed by atoms with E-state index in [1.165, 1.54) is 18.3 Å². The average Bonchev–Trinajstić information content (AvgIpc) is 2.72. The number of fused-ring (bicyclic) bond motifs is 1. The Morgan fingerprint density at radius 1 is 1.21 bits per heavy atom. The van der Waals surface area contributed by atoms with Crippen molar-refractivity contribution in [3.63, 3.8) is 0 Å². The summed E-state index contributed by atoms with van der Waals surface area (Å²) in [7, 11) is 1.66. The molecule has 0 unspecified atom stereocenters. The maximum absolute atomic E-state index is 11.1. The van der Waals surface area contributed by atoms with Crippen molar-refractivity contribution >= 4 is 40.0 Å². The molecular weight excluding hydrogens is 376 g/mol. The molecule has 8 heteroatoms. The van der Waals surface area contributed by atoms with E-state index in [0.717, 1.165) is 16.3 Å². The zero-order valence-corrected chi connectivity index (χ0v) is 15.9. The highest BCUT2D eigenvalue weighted by Gasteiger charge is 2.11. The quantitative estimate of drug-likeness (QED) is 0.286. The van der Waals surface area contributed by atoms with Gasteiger partial charge in [-0.05, 0) is 34.6 Å². The molecule has 0 atom stereocenters. The maximum Gasteiger partial charge on any atom is 0.270 e. The smallest absolute Gasteiger partial charge is 0.270 e. The van der Waals surface area contributed by atoms with E-state index in [-0.39, 0.29) is 5.69 Å². The minimum absolute atomic E-state index is 0.0462. The number of rotatable bonds is 6. The molecule has 142 valence electrons. The first-order chi connectivity index (χ1) is 13.6. The van der Waals surface area contributed by atoms with Gasteiger partial charge in [-0.1, -0.05) is 42.5 Å². The highest BCUT2D eigenvalue weighted by molar-refractivity contribution is 7.80. The fourth-order valence-electron chi connectivity index (χ4n) is 2.67. The zero-order valence-electron chi connectivity index (χ0n) is 15.1. The number of benzene rings is 3. The number of nitro benzene ring substituents is 1. The Hall–Kier alpha value is -3.52. The summed E-state index contributed by atoms with van der Waals surface area (Å²) in [4.78, 5) is 10.6. The van der Waals surface area contributed by atoms with E-state index in [1.54, 1.807) is 13.1 Å². The number of thiocarbonyl (C=S) groups is 1. The molecule has 0 aliphatic carbocycles. The van der Waals surface area contributed by atoms with Gasteiger partial charge in [0.25, 0.3) is 5.69 Å². The highest BCUT2D eigenvalue weighted by atomic mass is 32.1. The molecule has 0 spiro atoms. The molecule has 0 amide bonds. The number of hydrazone groups is 1. The fourth-order valence-corrected chi connectivity index (χ4v) is 2.72. The van der Waals surface area contributed by atoms with Crippen LogP contribution in [-0.2, 0) is 6.61 Å². The normalized spacial score (nSPS) is 10.8. The molecule has 7 nitrogen and oxygen atoms in total. The van der Waals surface area contributed by atoms with Crippen LogP contribution in [0.3, 0.4) is 0 Å². The number of non-ortho nitro benzene ring substituents is 1. The Morgan fingerprint density at radius 2 is 2.00 bits per heavy atom. The lowest BCUT2D eigenvalue weighted by Crippen LogP contribution is -2.28. The van der Waals surface area contributed by atoms with Crippen molar-refractivity contribution in [3.8, 4) is 5.75 Å². The largest absolute Gasteiger partial charge is 0.488 e. The van der Waals surface area contributed by atoms with Crippen molar-refractivity contribution in [1.82, 2.24) is 10.7 Å². The van der Waals surface area contributed by atoms with Gasteiger partial charge in [0.1, 0.15) is 12.4 Å². The van der Waals surface area contributed by atoms with Crippen molar-refractivity contribution in [1.29, 1.82) is 0 Å². The van der Waals surface area contributed by atoms with Crippen molar-refractivity contribution in [2.75, 3.05) is 7.05 Å². The molecule has 28 heavy (non-hydrogen) atoms. The molecule has 0 saturated heterocycles. The molecule has 3 aromatic carbocycles. The van der Waals surface area contributed by atoms with E-state index in [2.05, 4.69) is 15.8 Å². The third-order valence-electron chi connectivity index (χ3n) is 4.06. The highest BCUT2D eigenvalue weighted by Crippen LogP contribution is 2.25. The van der Waals surface area contributed by atoms with Crippen molar-refractivity contribution in [3.05, 3.63) is 81.9 Å². The van der Waals surface area contributed by atoms with Crippen LogP contribution < -0.4 is 15.5 Å². The van der Waals surface area contributed by atoms with Crippen molar-refractivity contribution in [2.24, 2.45) is 5.10 Å². The van der Waals surface area contributed by atoms with Crippen LogP contribution in [0.2, 0.25) is 0 Å². The first kappa shape index (κ1) is 19.2. The zero-order chi connectivity index (χ0) is 19.9. The fraction of sp³-hybridized carbons (Fsp3) is 0.100. The minimum atomic E-state index is -0.461. The van der Waals surface area contributed by atoms with Crippen molar-refractivity contribution in [2.45, 2.75) is 6.61 Å². The number of nitrogens with zero attached hydrogens (tertiary/aromatic N) is 2. The van der Waals surface area contributed by atoms with Gasteiger partial charge in [-0.15, -0.1) is 0 Å². The van der Waals surface area contributed by atoms with E-state index in [4.69, 9.17) is 17.0 Å². The predicted molar refractivity (Wildman–Crippen MR) is 114 cm³/mol. The third kappa shape index (κ3) is 4.60. The second kappa shape index (κ2) is 8.92. The van der Waals surface area contributed by atoms with Crippen LogP contribution in [0.25, 0.3) is 10.8 Å². The van der Waals surface area contributed by atoms with E-state index in [1.807, 2.05) is 42.5 Å². The summed E-state index contributed by atoms with van der Waals surface area (Å²) in [6.07, 6.45) is 1.44. The van der Waals surface area contributed by atoms with Crippen molar-refractivity contribution < 1.29 is 9.66 Å². The summed E-state index contributed by atoms with van der Waals surface area (Å²) >= 11 is 4.96. The maximum atomic E-state index is 11.1. The van der Waals surface area contributed by atoms with Crippen LogP contribution in [-0.4, -0.2) is 23.3 Å². The van der Waals surface area contributed by atoms with Gasteiger partial charge in [0, 0.05) is 24.7 Å². The first-order valence-electron chi connectivity index (χ1n) is 8.47. The van der Waals surface area contributed by atoms with E-state index < -0.39 is 4.92 Å². The number of nitrogens with one attached hydrogen (secondary N) is 2. The summed E-state index contributed by atoms with van der Waals surface area (Å²) in [5, 5.41) is 20.4. The molecule has 0 bridgehead atoms. The summed E-state index contributed by atoms with van der Waals surface area (Å²) in [5.74, 6) is 0.486. The lowest BCUT2D eigenvalue weighted by atomic mass is 10.1. The molecule has 2 N–H and O–H groups in total. The monoisotopic (exact) mass is 394 g/mol. The van der Waals surface area contributed by atoms with Crippen LogP contribution in [0, 0.1) is 10.1 Å². The Kier molecular flexibility index (Phi) is 6.13. The number of hydrogen-bond acceptors (Lipinski definition) is 5. The molecule has 0 aliphatic rings. The Labute approximate surface area is 167 Å². The van der Waals surface area contributed by atoms with Crippen LogP contribution in [0.15, 0.2) is 65.8 Å². The standard InChI is InChI=1S/C20H18N4O3S/c1-21-20(28)23-22-12-16-11-17(24(25)26)9-10-19(16)27-13-15-7-4-6-14-5-2-3-8-18(14)15/h2-12H,13H2,1H3,(H2,21,23,28)/b22-12+. The van der Waals surface area contributed by atoms with E-state index in [0.29, 0.717) is 23.0 Å². The number of nitro groups is 1. The molecular formula is C20H18N4O3S. The predicted octanol–water partition coefficient (Wildman–Crippen LogP) is 3.75. The molecule has 3 rings (SSSR count). The SMILES string of the molecule is CNC(=S)N/N=C/c1cc([N+](=O)[O-])ccc1OCc1cccc2ccccc12.